The first-order chi connectivity index (χ1) is 7.88. The summed E-state index contributed by atoms with van der Waals surface area (Å²) in [4.78, 5) is 0. The van der Waals surface area contributed by atoms with Crippen LogP contribution in [-0.2, 0) is 0 Å². The summed E-state index contributed by atoms with van der Waals surface area (Å²) in [6, 6.07) is 19.3. The van der Waals surface area contributed by atoms with E-state index in [0.29, 0.717) is 0 Å². The molecule has 0 aliphatic rings. The van der Waals surface area contributed by atoms with Gasteiger partial charge in [0, 0.05) is 0 Å². The number of hydrogen-bond acceptors (Lipinski definition) is 3. The fraction of sp³-hybridized carbons (Fsp3) is 0.0769. The minimum atomic E-state index is -0.516. The lowest BCUT2D eigenvalue weighted by molar-refractivity contribution is -0.176. The molecular formula is C13H14O3. The van der Waals surface area contributed by atoms with Crippen molar-refractivity contribution < 1.29 is 15.6 Å². The first kappa shape index (κ1) is 12.4. The summed E-state index contributed by atoms with van der Waals surface area (Å²) >= 11 is 0. The SMILES string of the molecule is OC(c1ccccc1)c1ccccc1.OO. The van der Waals surface area contributed by atoms with Crippen molar-refractivity contribution in [3.05, 3.63) is 71.8 Å². The highest BCUT2D eigenvalue weighted by atomic mass is 17.0. The van der Waals surface area contributed by atoms with Crippen LogP contribution in [0.3, 0.4) is 0 Å². The molecule has 3 heteroatoms. The Balaban J connectivity index is 0.000000606. The van der Waals surface area contributed by atoms with E-state index in [1.54, 1.807) is 0 Å². The average Bonchev–Trinajstić information content (AvgIpc) is 2.42. The first-order valence-corrected chi connectivity index (χ1v) is 4.86. The lowest BCUT2D eigenvalue weighted by Crippen LogP contribution is -1.98. The molecule has 2 aromatic rings. The van der Waals surface area contributed by atoms with Crippen molar-refractivity contribution in [3.8, 4) is 0 Å². The molecule has 16 heavy (non-hydrogen) atoms. The molecule has 84 valence electrons. The Hall–Kier alpha value is -1.68. The van der Waals surface area contributed by atoms with E-state index in [9.17, 15) is 5.11 Å². The Morgan fingerprint density at radius 2 is 0.938 bits per heavy atom. The maximum absolute atomic E-state index is 9.99. The fourth-order valence-electron chi connectivity index (χ4n) is 1.46. The smallest absolute Gasteiger partial charge is 0.104 e. The average molecular weight is 218 g/mol. The van der Waals surface area contributed by atoms with Gasteiger partial charge in [0.05, 0.1) is 0 Å². The van der Waals surface area contributed by atoms with Crippen LogP contribution in [0.15, 0.2) is 60.7 Å². The van der Waals surface area contributed by atoms with E-state index in [-0.39, 0.29) is 0 Å². The fourth-order valence-corrected chi connectivity index (χ4v) is 1.46. The zero-order valence-electron chi connectivity index (χ0n) is 8.69. The third-order valence-corrected chi connectivity index (χ3v) is 2.23. The predicted molar refractivity (Wildman–Crippen MR) is 62.2 cm³/mol. The quantitative estimate of drug-likeness (QED) is 0.536. The molecule has 3 N–H and O–H groups in total. The molecule has 3 nitrogen and oxygen atoms in total. The molecular weight excluding hydrogens is 204 g/mol. The van der Waals surface area contributed by atoms with Crippen LogP contribution in [-0.4, -0.2) is 15.6 Å². The van der Waals surface area contributed by atoms with E-state index in [2.05, 4.69) is 0 Å². The van der Waals surface area contributed by atoms with Crippen molar-refractivity contribution in [1.82, 2.24) is 0 Å². The second-order valence-electron chi connectivity index (χ2n) is 3.22. The van der Waals surface area contributed by atoms with Crippen LogP contribution in [0.1, 0.15) is 17.2 Å². The van der Waals surface area contributed by atoms with Crippen molar-refractivity contribution in [3.63, 3.8) is 0 Å². The highest BCUT2D eigenvalue weighted by Crippen LogP contribution is 2.20. The van der Waals surface area contributed by atoms with E-state index in [0.717, 1.165) is 11.1 Å². The van der Waals surface area contributed by atoms with Gasteiger partial charge in [-0.25, -0.2) is 0 Å². The molecule has 0 fully saturated rings. The van der Waals surface area contributed by atoms with Gasteiger partial charge in [0.2, 0.25) is 0 Å². The Kier molecular flexibility index (Phi) is 5.22. The molecule has 0 aromatic heterocycles. The van der Waals surface area contributed by atoms with E-state index in [1.165, 1.54) is 0 Å². The Labute approximate surface area is 94.2 Å². The highest BCUT2D eigenvalue weighted by molar-refractivity contribution is 5.29. The van der Waals surface area contributed by atoms with Crippen LogP contribution in [0.4, 0.5) is 0 Å². The summed E-state index contributed by atoms with van der Waals surface area (Å²) in [5, 5.41) is 22.0. The van der Waals surface area contributed by atoms with E-state index < -0.39 is 6.10 Å². The summed E-state index contributed by atoms with van der Waals surface area (Å²) in [6.45, 7) is 0. The lowest BCUT2D eigenvalue weighted by Gasteiger charge is -2.10. The predicted octanol–water partition coefficient (Wildman–Crippen LogP) is 2.79. The van der Waals surface area contributed by atoms with E-state index in [1.807, 2.05) is 60.7 Å². The van der Waals surface area contributed by atoms with Gasteiger partial charge in [0.15, 0.2) is 0 Å². The molecule has 0 saturated carbocycles. The summed E-state index contributed by atoms with van der Waals surface area (Å²) in [5.41, 5.74) is 1.86. The van der Waals surface area contributed by atoms with Crippen molar-refractivity contribution in [1.29, 1.82) is 0 Å². The van der Waals surface area contributed by atoms with Crippen LogP contribution in [0.25, 0.3) is 0 Å². The zero-order valence-corrected chi connectivity index (χ0v) is 8.69. The van der Waals surface area contributed by atoms with Gasteiger partial charge < -0.3 is 5.11 Å². The van der Waals surface area contributed by atoms with Crippen LogP contribution in [0.5, 0.6) is 0 Å². The maximum Gasteiger partial charge on any atom is 0.104 e. The van der Waals surface area contributed by atoms with Crippen molar-refractivity contribution >= 4 is 0 Å². The van der Waals surface area contributed by atoms with Crippen LogP contribution in [0, 0.1) is 0 Å². The van der Waals surface area contributed by atoms with Crippen molar-refractivity contribution in [2.45, 2.75) is 6.10 Å². The molecule has 2 rings (SSSR count). The molecule has 0 amide bonds. The molecule has 0 aliphatic heterocycles. The normalized spacial score (nSPS) is 9.50. The summed E-state index contributed by atoms with van der Waals surface area (Å²) in [6.07, 6.45) is -0.516. The highest BCUT2D eigenvalue weighted by Gasteiger charge is 2.07. The van der Waals surface area contributed by atoms with Gasteiger partial charge in [-0.1, -0.05) is 60.7 Å². The van der Waals surface area contributed by atoms with Crippen molar-refractivity contribution in [2.24, 2.45) is 0 Å². The van der Waals surface area contributed by atoms with Gasteiger partial charge in [-0.05, 0) is 11.1 Å². The molecule has 0 radical (unpaired) electrons. The van der Waals surface area contributed by atoms with Gasteiger partial charge in [-0.15, -0.1) is 0 Å². The summed E-state index contributed by atoms with van der Waals surface area (Å²) in [5.74, 6) is 0. The van der Waals surface area contributed by atoms with E-state index >= 15 is 0 Å². The minimum absolute atomic E-state index is 0.516. The molecule has 0 atom stereocenters. The van der Waals surface area contributed by atoms with Gasteiger partial charge in [-0.2, -0.15) is 0 Å². The molecule has 0 saturated heterocycles. The number of aliphatic hydroxyl groups is 1. The molecule has 0 bridgehead atoms. The molecule has 0 heterocycles. The second-order valence-corrected chi connectivity index (χ2v) is 3.22. The second kappa shape index (κ2) is 6.74. The molecule has 2 aromatic carbocycles. The number of aliphatic hydroxyl groups excluding tert-OH is 1. The van der Waals surface area contributed by atoms with Gasteiger partial charge in [0.25, 0.3) is 0 Å². The number of hydrogen-bond donors (Lipinski definition) is 3. The number of rotatable bonds is 2. The minimum Gasteiger partial charge on any atom is -0.384 e. The molecule has 0 aliphatic carbocycles. The standard InChI is InChI=1S/C13H12O.H2O2/c14-13(11-7-3-1-4-8-11)12-9-5-2-6-10-12;1-2/h1-10,13-14H;1-2H. The summed E-state index contributed by atoms with van der Waals surface area (Å²) in [7, 11) is 0. The van der Waals surface area contributed by atoms with E-state index in [4.69, 9.17) is 10.5 Å². The lowest BCUT2D eigenvalue weighted by atomic mass is 10.0. The third kappa shape index (κ3) is 3.17. The Morgan fingerprint density at radius 3 is 1.25 bits per heavy atom. The largest absolute Gasteiger partial charge is 0.384 e. The van der Waals surface area contributed by atoms with Crippen LogP contribution < -0.4 is 0 Å². The first-order valence-electron chi connectivity index (χ1n) is 4.86. The maximum atomic E-state index is 9.99. The Bertz CT molecular complexity index is 347. The van der Waals surface area contributed by atoms with Crippen LogP contribution in [0.2, 0.25) is 0 Å². The Morgan fingerprint density at radius 1 is 0.625 bits per heavy atom. The van der Waals surface area contributed by atoms with Gasteiger partial charge >= 0.3 is 0 Å². The van der Waals surface area contributed by atoms with Gasteiger partial charge in [-0.3, -0.25) is 10.5 Å². The summed E-state index contributed by atoms with van der Waals surface area (Å²) < 4.78 is 0. The van der Waals surface area contributed by atoms with Crippen molar-refractivity contribution in [2.75, 3.05) is 0 Å². The third-order valence-electron chi connectivity index (χ3n) is 2.23. The zero-order chi connectivity index (χ0) is 11.8. The topological polar surface area (TPSA) is 60.7 Å². The van der Waals surface area contributed by atoms with Crippen LogP contribution >= 0.6 is 0 Å². The molecule has 0 spiro atoms. The molecule has 0 unspecified atom stereocenters. The number of benzene rings is 2. The van der Waals surface area contributed by atoms with Gasteiger partial charge in [0.1, 0.15) is 6.10 Å². The monoisotopic (exact) mass is 218 g/mol.